The first-order chi connectivity index (χ1) is 17.9. The fourth-order valence-electron chi connectivity index (χ4n) is 5.16. The minimum absolute atomic E-state index is 0.0670. The molecule has 200 valence electrons. The van der Waals surface area contributed by atoms with Gasteiger partial charge in [0.15, 0.2) is 5.60 Å². The third-order valence-electron chi connectivity index (χ3n) is 7.29. The summed E-state index contributed by atoms with van der Waals surface area (Å²) in [5.74, 6) is 6.55. The van der Waals surface area contributed by atoms with Gasteiger partial charge in [0.1, 0.15) is 5.60 Å². The molecule has 0 saturated carbocycles. The number of methoxy groups -OCH3 is 2. The molecular weight excluding hydrogens is 480 g/mol. The lowest BCUT2D eigenvalue weighted by molar-refractivity contribution is -0.127. The molecule has 3 heterocycles. The normalized spacial score (nSPS) is 17.9. The van der Waals surface area contributed by atoms with Crippen LogP contribution in [0.3, 0.4) is 0 Å². The number of hydrogen-bond donors (Lipinski definition) is 2. The third kappa shape index (κ3) is 5.10. The van der Waals surface area contributed by atoms with Crippen LogP contribution in [0.1, 0.15) is 61.6 Å². The van der Waals surface area contributed by atoms with Crippen molar-refractivity contribution >= 4 is 0 Å². The van der Waals surface area contributed by atoms with Gasteiger partial charge in [0.05, 0.1) is 19.9 Å². The zero-order valence-corrected chi connectivity index (χ0v) is 23.1. The highest BCUT2D eigenvalue weighted by Crippen LogP contribution is 2.50. The van der Waals surface area contributed by atoms with Crippen LogP contribution in [0, 0.1) is 17.3 Å². The van der Waals surface area contributed by atoms with E-state index in [1.807, 2.05) is 25.2 Å². The zero-order chi connectivity index (χ0) is 27.7. The predicted octanol–water partition coefficient (Wildman–Crippen LogP) is 3.46. The van der Waals surface area contributed by atoms with Gasteiger partial charge in [-0.3, -0.25) is 4.98 Å². The number of aliphatic hydroxyl groups is 2. The summed E-state index contributed by atoms with van der Waals surface area (Å²) in [5.41, 5.74) is 0.160. The third-order valence-corrected chi connectivity index (χ3v) is 7.29. The second-order valence-corrected chi connectivity index (χ2v) is 10.8. The fourth-order valence-corrected chi connectivity index (χ4v) is 5.16. The maximum absolute atomic E-state index is 12.4. The number of benzene rings is 1. The average Bonchev–Trinajstić information content (AvgIpc) is 2.90. The van der Waals surface area contributed by atoms with Crippen LogP contribution in [0.4, 0.5) is 0 Å². The topological polar surface area (TPSA) is 101 Å². The Morgan fingerprint density at radius 1 is 1.00 bits per heavy atom. The number of hydrogen-bond acceptors (Lipinski definition) is 8. The first-order valence-electron chi connectivity index (χ1n) is 12.6. The summed E-state index contributed by atoms with van der Waals surface area (Å²) in [6.45, 7) is 9.41. The average molecular weight is 517 g/mol. The van der Waals surface area contributed by atoms with Gasteiger partial charge in [0, 0.05) is 48.1 Å². The van der Waals surface area contributed by atoms with E-state index in [4.69, 9.17) is 9.47 Å². The van der Waals surface area contributed by atoms with Crippen molar-refractivity contribution in [3.63, 3.8) is 0 Å². The summed E-state index contributed by atoms with van der Waals surface area (Å²) in [5, 5.41) is 23.5. The van der Waals surface area contributed by atoms with Crippen molar-refractivity contribution in [2.24, 2.45) is 5.41 Å². The first kappa shape index (κ1) is 27.5. The number of ether oxygens (including phenoxy) is 2. The maximum Gasteiger partial charge on any atom is 0.319 e. The molecule has 4 rings (SSSR count). The quantitative estimate of drug-likeness (QED) is 0.461. The van der Waals surface area contributed by atoms with Crippen molar-refractivity contribution in [3.05, 3.63) is 76.7 Å². The molecule has 1 aromatic carbocycles. The molecule has 38 heavy (non-hydrogen) atoms. The molecule has 0 aliphatic carbocycles. The minimum Gasteiger partial charge on any atom is -0.481 e. The van der Waals surface area contributed by atoms with Gasteiger partial charge in [0.2, 0.25) is 5.88 Å². The summed E-state index contributed by atoms with van der Waals surface area (Å²) in [6, 6.07) is 11.6. The van der Waals surface area contributed by atoms with Gasteiger partial charge in [-0.15, -0.1) is 0 Å². The first-order valence-corrected chi connectivity index (χ1v) is 12.6. The standard InChI is InChI=1S/C30H36N4O4/c1-20(2)22-8-10-23(11-9-22)30(36,28(3)18-34(5)19-28)24-14-21(16-31-17-24)12-13-29(4,35)25-15-26(37-6)33-27(32-25)38-7/h8-11,14-17,20,35-36H,18-19H2,1-7H3. The van der Waals surface area contributed by atoms with Crippen LogP contribution >= 0.6 is 0 Å². The summed E-state index contributed by atoms with van der Waals surface area (Å²) in [7, 11) is 4.96. The summed E-state index contributed by atoms with van der Waals surface area (Å²) in [6.07, 6.45) is 3.31. The van der Waals surface area contributed by atoms with E-state index < -0.39 is 16.6 Å². The molecule has 0 bridgehead atoms. The van der Waals surface area contributed by atoms with Crippen LogP contribution in [-0.2, 0) is 11.2 Å². The van der Waals surface area contributed by atoms with E-state index in [0.29, 0.717) is 17.0 Å². The smallest absolute Gasteiger partial charge is 0.319 e. The van der Waals surface area contributed by atoms with Gasteiger partial charge >= 0.3 is 6.01 Å². The summed E-state index contributed by atoms with van der Waals surface area (Å²) >= 11 is 0. The number of nitrogens with zero attached hydrogens (tertiary/aromatic N) is 4. The summed E-state index contributed by atoms with van der Waals surface area (Å²) in [4.78, 5) is 14.9. The van der Waals surface area contributed by atoms with Crippen molar-refractivity contribution in [3.8, 4) is 23.7 Å². The van der Waals surface area contributed by atoms with Crippen LogP contribution in [0.15, 0.2) is 48.8 Å². The lowest BCUT2D eigenvalue weighted by atomic mass is 9.62. The number of pyridine rings is 1. The second kappa shape index (κ2) is 10.3. The molecule has 0 radical (unpaired) electrons. The molecule has 1 saturated heterocycles. The van der Waals surface area contributed by atoms with Gasteiger partial charge in [-0.2, -0.15) is 9.97 Å². The van der Waals surface area contributed by atoms with E-state index in [-0.39, 0.29) is 17.6 Å². The van der Waals surface area contributed by atoms with Crippen molar-refractivity contribution in [1.29, 1.82) is 0 Å². The number of rotatable bonds is 7. The van der Waals surface area contributed by atoms with Crippen molar-refractivity contribution < 1.29 is 19.7 Å². The number of aromatic nitrogens is 3. The van der Waals surface area contributed by atoms with Crippen molar-refractivity contribution in [1.82, 2.24) is 19.9 Å². The van der Waals surface area contributed by atoms with Crippen LogP contribution in [0.5, 0.6) is 11.9 Å². The Kier molecular flexibility index (Phi) is 7.48. The molecular formula is C30H36N4O4. The highest BCUT2D eigenvalue weighted by Gasteiger charge is 2.55. The largest absolute Gasteiger partial charge is 0.481 e. The van der Waals surface area contributed by atoms with Gasteiger partial charge in [-0.1, -0.05) is 56.9 Å². The summed E-state index contributed by atoms with van der Waals surface area (Å²) < 4.78 is 10.3. The van der Waals surface area contributed by atoms with Gasteiger partial charge in [0.25, 0.3) is 0 Å². The van der Waals surface area contributed by atoms with Crippen molar-refractivity contribution in [2.75, 3.05) is 34.4 Å². The van der Waals surface area contributed by atoms with Crippen LogP contribution in [0.25, 0.3) is 0 Å². The fraction of sp³-hybridized carbons (Fsp3) is 0.433. The van der Waals surface area contributed by atoms with E-state index in [1.165, 1.54) is 32.8 Å². The lowest BCUT2D eigenvalue weighted by Gasteiger charge is -2.55. The van der Waals surface area contributed by atoms with E-state index in [0.717, 1.165) is 18.7 Å². The van der Waals surface area contributed by atoms with E-state index in [9.17, 15) is 10.2 Å². The van der Waals surface area contributed by atoms with Gasteiger partial charge in [-0.25, -0.2) is 0 Å². The molecule has 2 N–H and O–H groups in total. The SMILES string of the molecule is COc1cc(C(C)(O)C#Cc2cncc(C(O)(c3ccc(C(C)C)cc3)C3(C)CN(C)C3)c2)nc(OC)n1. The van der Waals surface area contributed by atoms with Crippen LogP contribution in [0.2, 0.25) is 0 Å². The Hall–Kier alpha value is -3.51. The lowest BCUT2D eigenvalue weighted by Crippen LogP contribution is -2.63. The molecule has 0 amide bonds. The molecule has 8 heteroatoms. The van der Waals surface area contributed by atoms with E-state index in [1.54, 1.807) is 12.4 Å². The molecule has 1 fully saturated rings. The van der Waals surface area contributed by atoms with Crippen molar-refractivity contribution in [2.45, 2.75) is 44.8 Å². The zero-order valence-electron chi connectivity index (χ0n) is 23.1. The Morgan fingerprint density at radius 2 is 1.68 bits per heavy atom. The molecule has 2 atom stereocenters. The molecule has 0 spiro atoms. The molecule has 8 nitrogen and oxygen atoms in total. The maximum atomic E-state index is 12.4. The van der Waals surface area contributed by atoms with Crippen LogP contribution < -0.4 is 9.47 Å². The Labute approximate surface area is 224 Å². The molecule has 1 aliphatic heterocycles. The van der Waals surface area contributed by atoms with Gasteiger partial charge < -0.3 is 24.6 Å². The Bertz CT molecular complexity index is 1330. The molecule has 2 unspecified atom stereocenters. The molecule has 2 aromatic heterocycles. The Morgan fingerprint density at radius 3 is 2.26 bits per heavy atom. The van der Waals surface area contributed by atoms with E-state index in [2.05, 4.69) is 64.6 Å². The number of likely N-dealkylation sites (tertiary alicyclic amines) is 1. The Balaban J connectivity index is 1.74. The highest BCUT2D eigenvalue weighted by atomic mass is 16.5. The molecule has 1 aliphatic rings. The molecule has 3 aromatic rings. The highest BCUT2D eigenvalue weighted by molar-refractivity contribution is 5.45. The minimum atomic E-state index is -1.62. The van der Waals surface area contributed by atoms with Crippen LogP contribution in [-0.4, -0.2) is 64.4 Å². The second-order valence-electron chi connectivity index (χ2n) is 10.8. The predicted molar refractivity (Wildman–Crippen MR) is 145 cm³/mol. The van der Waals surface area contributed by atoms with Gasteiger partial charge in [-0.05, 0) is 37.1 Å². The van der Waals surface area contributed by atoms with E-state index >= 15 is 0 Å². The monoisotopic (exact) mass is 516 g/mol.